The van der Waals surface area contributed by atoms with Crippen molar-refractivity contribution >= 4 is 17.7 Å². The zero-order valence-corrected chi connectivity index (χ0v) is 10.5. The average molecular weight is 270 g/mol. The van der Waals surface area contributed by atoms with Gasteiger partial charge in [-0.2, -0.15) is 11.8 Å². The first kappa shape index (κ1) is 13.0. The average Bonchev–Trinajstić information content (AvgIpc) is 3.02. The Bertz CT molecular complexity index is 503. The summed E-state index contributed by atoms with van der Waals surface area (Å²) in [6, 6.07) is 1.26. The van der Waals surface area contributed by atoms with Crippen LogP contribution < -0.4 is 5.43 Å². The van der Waals surface area contributed by atoms with Crippen LogP contribution in [0.25, 0.3) is 0 Å². The highest BCUT2D eigenvalue weighted by atomic mass is 32.2. The minimum Gasteiger partial charge on any atom is -0.502 e. The molecule has 1 fully saturated rings. The first-order valence-corrected chi connectivity index (χ1v) is 6.76. The summed E-state index contributed by atoms with van der Waals surface area (Å²) in [7, 11) is 0. The summed E-state index contributed by atoms with van der Waals surface area (Å²) in [5, 5.41) is 17.8. The van der Waals surface area contributed by atoms with Crippen LogP contribution in [0.3, 0.4) is 0 Å². The Hall–Kier alpha value is -1.43. The molecule has 0 aromatic carbocycles. The second-order valence-electron chi connectivity index (χ2n) is 4.66. The summed E-state index contributed by atoms with van der Waals surface area (Å²) in [5.74, 6) is 0.604. The molecule has 1 aliphatic rings. The molecule has 18 heavy (non-hydrogen) atoms. The number of aliphatic carboxylic acids is 1. The van der Waals surface area contributed by atoms with Crippen molar-refractivity contribution in [2.75, 3.05) is 5.75 Å². The van der Waals surface area contributed by atoms with Gasteiger partial charge in [0.1, 0.15) is 12.0 Å². The van der Waals surface area contributed by atoms with Gasteiger partial charge in [-0.1, -0.05) is 0 Å². The zero-order chi connectivity index (χ0) is 13.2. The van der Waals surface area contributed by atoms with Gasteiger partial charge in [-0.05, 0) is 24.0 Å². The lowest BCUT2D eigenvalue weighted by Crippen LogP contribution is -2.11. The van der Waals surface area contributed by atoms with Crippen LogP contribution in [0.4, 0.5) is 0 Å². The predicted molar refractivity (Wildman–Crippen MR) is 66.7 cm³/mol. The monoisotopic (exact) mass is 270 g/mol. The second-order valence-corrected chi connectivity index (χ2v) is 5.64. The van der Waals surface area contributed by atoms with Crippen molar-refractivity contribution in [2.24, 2.45) is 5.41 Å². The summed E-state index contributed by atoms with van der Waals surface area (Å²) in [4.78, 5) is 21.8. The first-order valence-electron chi connectivity index (χ1n) is 5.61. The molecule has 1 heterocycles. The van der Waals surface area contributed by atoms with Crippen LogP contribution in [0.5, 0.6) is 5.75 Å². The molecule has 0 atom stereocenters. The van der Waals surface area contributed by atoms with Gasteiger partial charge >= 0.3 is 5.97 Å². The van der Waals surface area contributed by atoms with Gasteiger partial charge < -0.3 is 14.6 Å². The van der Waals surface area contributed by atoms with Crippen molar-refractivity contribution < 1.29 is 19.4 Å². The maximum absolute atomic E-state index is 11.2. The molecule has 2 N–H and O–H groups in total. The van der Waals surface area contributed by atoms with E-state index < -0.39 is 17.1 Å². The number of carboxylic acids is 1. The van der Waals surface area contributed by atoms with E-state index in [1.807, 2.05) is 0 Å². The van der Waals surface area contributed by atoms with E-state index in [0.717, 1.165) is 24.9 Å². The van der Waals surface area contributed by atoms with Crippen LogP contribution in [0, 0.1) is 5.41 Å². The van der Waals surface area contributed by atoms with E-state index in [0.29, 0.717) is 11.5 Å². The zero-order valence-electron chi connectivity index (χ0n) is 9.72. The summed E-state index contributed by atoms with van der Waals surface area (Å²) >= 11 is 1.55. The molecule has 0 saturated heterocycles. The number of rotatable bonds is 6. The van der Waals surface area contributed by atoms with E-state index in [1.165, 1.54) is 6.07 Å². The molecule has 0 radical (unpaired) electrons. The number of carboxylic acid groups (broad SMARTS) is 1. The van der Waals surface area contributed by atoms with Crippen molar-refractivity contribution in [2.45, 2.75) is 25.0 Å². The molecule has 1 aliphatic carbocycles. The predicted octanol–water partition coefficient (Wildman–Crippen LogP) is 1.83. The van der Waals surface area contributed by atoms with Gasteiger partial charge in [0.15, 0.2) is 5.75 Å². The maximum atomic E-state index is 11.2. The molecule has 5 nitrogen and oxygen atoms in total. The standard InChI is InChI=1S/C12H14O5S/c13-9-3-8(17-5-10(9)14)6-18-7-12(1-2-12)4-11(15)16/h3,5,14H,1-2,4,6-7H2,(H,15,16). The van der Waals surface area contributed by atoms with E-state index in [9.17, 15) is 9.59 Å². The summed E-state index contributed by atoms with van der Waals surface area (Å²) in [6.07, 6.45) is 3.14. The van der Waals surface area contributed by atoms with Crippen LogP contribution in [0.2, 0.25) is 0 Å². The van der Waals surface area contributed by atoms with E-state index >= 15 is 0 Å². The van der Waals surface area contributed by atoms with Gasteiger partial charge in [0.05, 0.1) is 12.2 Å². The molecular weight excluding hydrogens is 256 g/mol. The Morgan fingerprint density at radius 1 is 1.50 bits per heavy atom. The van der Waals surface area contributed by atoms with Gasteiger partial charge in [0, 0.05) is 6.07 Å². The summed E-state index contributed by atoms with van der Waals surface area (Å²) < 4.78 is 5.07. The third kappa shape index (κ3) is 3.29. The highest BCUT2D eigenvalue weighted by Gasteiger charge is 2.44. The molecule has 0 aliphatic heterocycles. The number of hydrogen-bond acceptors (Lipinski definition) is 5. The van der Waals surface area contributed by atoms with Crippen molar-refractivity contribution in [3.8, 4) is 5.75 Å². The van der Waals surface area contributed by atoms with Gasteiger partial charge in [0.2, 0.25) is 5.43 Å². The van der Waals surface area contributed by atoms with Gasteiger partial charge in [-0.25, -0.2) is 0 Å². The quantitative estimate of drug-likeness (QED) is 0.820. The fourth-order valence-corrected chi connectivity index (χ4v) is 3.04. The Labute approximate surface area is 108 Å². The molecule has 1 aromatic rings. The molecule has 2 rings (SSSR count). The lowest BCUT2D eigenvalue weighted by atomic mass is 10.1. The molecule has 0 bridgehead atoms. The molecule has 1 aromatic heterocycles. The Morgan fingerprint density at radius 2 is 2.22 bits per heavy atom. The van der Waals surface area contributed by atoms with Gasteiger partial charge in [-0.15, -0.1) is 0 Å². The highest BCUT2D eigenvalue weighted by Crippen LogP contribution is 2.51. The first-order chi connectivity index (χ1) is 8.51. The minimum absolute atomic E-state index is 0.0618. The third-order valence-corrected chi connectivity index (χ3v) is 4.31. The minimum atomic E-state index is -0.760. The molecule has 0 spiro atoms. The molecule has 0 amide bonds. The lowest BCUT2D eigenvalue weighted by molar-refractivity contribution is -0.138. The third-order valence-electron chi connectivity index (χ3n) is 3.00. The lowest BCUT2D eigenvalue weighted by Gasteiger charge is -2.11. The fraction of sp³-hybridized carbons (Fsp3) is 0.500. The largest absolute Gasteiger partial charge is 0.502 e. The van der Waals surface area contributed by atoms with Gasteiger partial charge in [0.25, 0.3) is 0 Å². The van der Waals surface area contributed by atoms with Crippen molar-refractivity contribution in [3.05, 3.63) is 28.3 Å². The van der Waals surface area contributed by atoms with E-state index in [4.69, 9.17) is 14.6 Å². The normalized spacial score (nSPS) is 16.4. The molecule has 98 valence electrons. The van der Waals surface area contributed by atoms with Crippen LogP contribution in [0.1, 0.15) is 25.0 Å². The van der Waals surface area contributed by atoms with Crippen molar-refractivity contribution in [3.63, 3.8) is 0 Å². The Kier molecular flexibility index (Phi) is 3.65. The summed E-state index contributed by atoms with van der Waals surface area (Å²) in [5.41, 5.74) is -0.517. The SMILES string of the molecule is O=C(O)CC1(CSCc2cc(=O)c(O)co2)CC1. The van der Waals surface area contributed by atoms with Crippen LogP contribution in [-0.4, -0.2) is 21.9 Å². The van der Waals surface area contributed by atoms with Gasteiger partial charge in [-0.3, -0.25) is 9.59 Å². The number of thioether (sulfide) groups is 1. The number of hydrogen-bond donors (Lipinski definition) is 2. The molecule has 6 heteroatoms. The fourth-order valence-electron chi connectivity index (χ4n) is 1.76. The maximum Gasteiger partial charge on any atom is 0.303 e. The number of aromatic hydroxyl groups is 1. The topological polar surface area (TPSA) is 87.7 Å². The van der Waals surface area contributed by atoms with Crippen molar-refractivity contribution in [1.29, 1.82) is 0 Å². The highest BCUT2D eigenvalue weighted by molar-refractivity contribution is 7.98. The second kappa shape index (κ2) is 5.06. The van der Waals surface area contributed by atoms with Crippen LogP contribution >= 0.6 is 11.8 Å². The molecule has 0 unspecified atom stereocenters. The summed E-state index contributed by atoms with van der Waals surface area (Å²) in [6.45, 7) is 0. The van der Waals surface area contributed by atoms with E-state index in [2.05, 4.69) is 0 Å². The number of carbonyl (C=O) groups is 1. The van der Waals surface area contributed by atoms with Crippen LogP contribution in [-0.2, 0) is 10.5 Å². The van der Waals surface area contributed by atoms with Crippen molar-refractivity contribution in [1.82, 2.24) is 0 Å². The molecular formula is C12H14O5S. The smallest absolute Gasteiger partial charge is 0.303 e. The molecule has 1 saturated carbocycles. The van der Waals surface area contributed by atoms with E-state index in [1.54, 1.807) is 11.8 Å². The van der Waals surface area contributed by atoms with Crippen LogP contribution in [0.15, 0.2) is 21.5 Å². The van der Waals surface area contributed by atoms with E-state index in [-0.39, 0.29) is 11.8 Å². The Morgan fingerprint density at radius 3 is 2.78 bits per heavy atom. The Balaban J connectivity index is 1.83.